The smallest absolute Gasteiger partial charge is 0.176 e. The van der Waals surface area contributed by atoms with Crippen LogP contribution in [0.5, 0.6) is 5.75 Å². The van der Waals surface area contributed by atoms with Crippen molar-refractivity contribution >= 4 is 16.9 Å². The van der Waals surface area contributed by atoms with E-state index in [1.807, 2.05) is 6.07 Å². The third kappa shape index (κ3) is 2.31. The average Bonchev–Trinajstić information content (AvgIpc) is 2.65. The minimum atomic E-state index is -1.29. The van der Waals surface area contributed by atoms with Gasteiger partial charge in [-0.2, -0.15) is 0 Å². The number of furan rings is 1. The SMILES string of the molecule is Cc1oc2c(OCC(=O)[O-])cccc2c1CCO. The van der Waals surface area contributed by atoms with Crippen LogP contribution in [0.15, 0.2) is 22.6 Å². The predicted octanol–water partition coefficient (Wildman–Crippen LogP) is 0.405. The maximum Gasteiger partial charge on any atom is 0.176 e. The van der Waals surface area contributed by atoms with Crippen molar-refractivity contribution < 1.29 is 24.2 Å². The van der Waals surface area contributed by atoms with Gasteiger partial charge in [-0.3, -0.25) is 0 Å². The normalized spacial score (nSPS) is 10.8. The lowest BCUT2D eigenvalue weighted by Gasteiger charge is -2.06. The first-order chi connectivity index (χ1) is 8.63. The summed E-state index contributed by atoms with van der Waals surface area (Å²) in [6.45, 7) is 1.31. The molecule has 0 fully saturated rings. The Morgan fingerprint density at radius 3 is 2.94 bits per heavy atom. The third-order valence-corrected chi connectivity index (χ3v) is 2.69. The Labute approximate surface area is 104 Å². The van der Waals surface area contributed by atoms with Gasteiger partial charge in [0.2, 0.25) is 0 Å². The molecule has 18 heavy (non-hydrogen) atoms. The Morgan fingerprint density at radius 1 is 1.50 bits per heavy atom. The number of carboxylic acids is 1. The van der Waals surface area contributed by atoms with Crippen LogP contribution in [0.25, 0.3) is 11.0 Å². The van der Waals surface area contributed by atoms with Crippen LogP contribution < -0.4 is 9.84 Å². The van der Waals surface area contributed by atoms with Crippen molar-refractivity contribution in [2.75, 3.05) is 13.2 Å². The number of rotatable bonds is 5. The van der Waals surface area contributed by atoms with Crippen LogP contribution in [0.1, 0.15) is 11.3 Å². The van der Waals surface area contributed by atoms with Gasteiger partial charge in [-0.15, -0.1) is 0 Å². The van der Waals surface area contributed by atoms with Crippen LogP contribution in [0.4, 0.5) is 0 Å². The average molecular weight is 249 g/mol. The van der Waals surface area contributed by atoms with Crippen molar-refractivity contribution in [2.24, 2.45) is 0 Å². The number of para-hydroxylation sites is 1. The molecule has 0 amide bonds. The zero-order valence-electron chi connectivity index (χ0n) is 9.93. The topological polar surface area (TPSA) is 82.7 Å². The van der Waals surface area contributed by atoms with Crippen LogP contribution in [-0.2, 0) is 11.2 Å². The summed E-state index contributed by atoms with van der Waals surface area (Å²) in [5.74, 6) is -0.224. The summed E-state index contributed by atoms with van der Waals surface area (Å²) >= 11 is 0. The lowest BCUT2D eigenvalue weighted by atomic mass is 10.1. The number of hydrogen-bond donors (Lipinski definition) is 1. The Kier molecular flexibility index (Phi) is 3.53. The van der Waals surface area contributed by atoms with E-state index in [1.54, 1.807) is 19.1 Å². The molecule has 96 valence electrons. The fourth-order valence-corrected chi connectivity index (χ4v) is 1.94. The minimum Gasteiger partial charge on any atom is -0.546 e. The molecule has 0 bridgehead atoms. The van der Waals surface area contributed by atoms with Gasteiger partial charge in [-0.05, 0) is 19.4 Å². The van der Waals surface area contributed by atoms with Gasteiger partial charge in [-0.1, -0.05) is 12.1 Å². The third-order valence-electron chi connectivity index (χ3n) is 2.69. The number of hydrogen-bond acceptors (Lipinski definition) is 5. The van der Waals surface area contributed by atoms with E-state index in [1.165, 1.54) is 0 Å². The molecule has 2 aromatic rings. The number of carbonyl (C=O) groups is 1. The van der Waals surface area contributed by atoms with E-state index >= 15 is 0 Å². The number of ether oxygens (including phenoxy) is 1. The number of benzene rings is 1. The van der Waals surface area contributed by atoms with Gasteiger partial charge < -0.3 is 24.2 Å². The highest BCUT2D eigenvalue weighted by molar-refractivity contribution is 5.87. The Balaban J connectivity index is 2.43. The minimum absolute atomic E-state index is 0.0274. The molecule has 1 heterocycles. The monoisotopic (exact) mass is 249 g/mol. The summed E-state index contributed by atoms with van der Waals surface area (Å²) in [5, 5.41) is 20.2. The number of carbonyl (C=O) groups excluding carboxylic acids is 1. The molecule has 0 unspecified atom stereocenters. The van der Waals surface area contributed by atoms with Gasteiger partial charge in [0.25, 0.3) is 0 Å². The molecule has 0 aliphatic heterocycles. The summed E-state index contributed by atoms with van der Waals surface area (Å²) in [4.78, 5) is 10.4. The van der Waals surface area contributed by atoms with E-state index in [0.717, 1.165) is 10.9 Å². The molecular weight excluding hydrogens is 236 g/mol. The number of carboxylic acid groups (broad SMARTS) is 1. The molecule has 5 nitrogen and oxygen atoms in total. The van der Waals surface area contributed by atoms with Gasteiger partial charge >= 0.3 is 0 Å². The van der Waals surface area contributed by atoms with Gasteiger partial charge in [0.05, 0.1) is 5.97 Å². The van der Waals surface area contributed by atoms with Gasteiger partial charge in [0, 0.05) is 17.6 Å². The summed E-state index contributed by atoms with van der Waals surface area (Å²) in [6.07, 6.45) is 0.489. The fourth-order valence-electron chi connectivity index (χ4n) is 1.94. The lowest BCUT2D eigenvalue weighted by molar-refractivity contribution is -0.307. The predicted molar refractivity (Wildman–Crippen MR) is 62.2 cm³/mol. The van der Waals surface area contributed by atoms with Crippen LogP contribution in [0, 0.1) is 6.92 Å². The standard InChI is InChI=1S/C13H14O5/c1-8-9(5-6-14)10-3-2-4-11(13(10)18-8)17-7-12(15)16/h2-4,14H,5-7H2,1H3,(H,15,16)/p-1. The first-order valence-electron chi connectivity index (χ1n) is 5.58. The molecule has 0 atom stereocenters. The van der Waals surface area contributed by atoms with Gasteiger partial charge in [0.15, 0.2) is 11.3 Å². The van der Waals surface area contributed by atoms with Crippen molar-refractivity contribution in [3.05, 3.63) is 29.5 Å². The summed E-state index contributed by atoms with van der Waals surface area (Å²) in [6, 6.07) is 5.24. The Hall–Kier alpha value is -2.01. The Bertz CT molecular complexity index is 570. The highest BCUT2D eigenvalue weighted by Gasteiger charge is 2.14. The van der Waals surface area contributed by atoms with Gasteiger partial charge in [0.1, 0.15) is 12.4 Å². The van der Waals surface area contributed by atoms with E-state index in [4.69, 9.17) is 14.3 Å². The molecule has 0 aliphatic rings. The van der Waals surface area contributed by atoms with E-state index in [9.17, 15) is 9.90 Å². The molecule has 1 aromatic carbocycles. The molecule has 5 heteroatoms. The summed E-state index contributed by atoms with van der Waals surface area (Å²) in [5.41, 5.74) is 1.41. The molecule has 1 N–H and O–H groups in total. The van der Waals surface area contributed by atoms with Crippen LogP contribution in [0.3, 0.4) is 0 Å². The zero-order valence-corrected chi connectivity index (χ0v) is 9.93. The van der Waals surface area contributed by atoms with Crippen LogP contribution in [-0.4, -0.2) is 24.3 Å². The van der Waals surface area contributed by atoms with Crippen molar-refractivity contribution in [3.63, 3.8) is 0 Å². The first-order valence-corrected chi connectivity index (χ1v) is 5.58. The highest BCUT2D eigenvalue weighted by atomic mass is 16.5. The molecule has 0 spiro atoms. The lowest BCUT2D eigenvalue weighted by Crippen LogP contribution is -2.28. The number of fused-ring (bicyclic) bond motifs is 1. The van der Waals surface area contributed by atoms with Crippen molar-refractivity contribution in [1.82, 2.24) is 0 Å². The van der Waals surface area contributed by atoms with E-state index in [-0.39, 0.29) is 6.61 Å². The number of aryl methyl sites for hydroxylation is 1. The molecule has 0 saturated heterocycles. The molecular formula is C13H13O5-. The quantitative estimate of drug-likeness (QED) is 0.829. The molecule has 0 radical (unpaired) electrons. The molecule has 0 saturated carbocycles. The number of aliphatic hydroxyl groups excluding tert-OH is 1. The van der Waals surface area contributed by atoms with Gasteiger partial charge in [-0.25, -0.2) is 0 Å². The summed E-state index contributed by atoms with van der Waals surface area (Å²) < 4.78 is 10.7. The molecule has 0 aliphatic carbocycles. The van der Waals surface area contributed by atoms with Crippen molar-refractivity contribution in [1.29, 1.82) is 0 Å². The molecule has 1 aromatic heterocycles. The number of aliphatic carboxylic acids is 1. The Morgan fingerprint density at radius 2 is 2.28 bits per heavy atom. The first kappa shape index (κ1) is 12.4. The maximum absolute atomic E-state index is 10.4. The zero-order chi connectivity index (χ0) is 13.1. The van der Waals surface area contributed by atoms with E-state index in [2.05, 4.69) is 0 Å². The van der Waals surface area contributed by atoms with Crippen LogP contribution in [0.2, 0.25) is 0 Å². The van der Waals surface area contributed by atoms with Crippen molar-refractivity contribution in [2.45, 2.75) is 13.3 Å². The second-order valence-corrected chi connectivity index (χ2v) is 3.90. The number of aliphatic hydroxyl groups is 1. The second kappa shape index (κ2) is 5.10. The fraction of sp³-hybridized carbons (Fsp3) is 0.308. The molecule has 2 rings (SSSR count). The highest BCUT2D eigenvalue weighted by Crippen LogP contribution is 2.32. The van der Waals surface area contributed by atoms with E-state index < -0.39 is 12.6 Å². The largest absolute Gasteiger partial charge is 0.546 e. The van der Waals surface area contributed by atoms with Crippen molar-refractivity contribution in [3.8, 4) is 5.75 Å². The summed E-state index contributed by atoms with van der Waals surface area (Å²) in [7, 11) is 0. The van der Waals surface area contributed by atoms with E-state index in [0.29, 0.717) is 23.5 Å². The second-order valence-electron chi connectivity index (χ2n) is 3.90. The van der Waals surface area contributed by atoms with Crippen LogP contribution >= 0.6 is 0 Å². The maximum atomic E-state index is 10.4.